The van der Waals surface area contributed by atoms with Crippen LogP contribution in [0.15, 0.2) is 42.5 Å². The van der Waals surface area contributed by atoms with Crippen molar-refractivity contribution in [1.29, 1.82) is 0 Å². The lowest BCUT2D eigenvalue weighted by Gasteiger charge is -2.13. The highest BCUT2D eigenvalue weighted by atomic mass is 16.5. The van der Waals surface area contributed by atoms with E-state index in [1.807, 2.05) is 18.2 Å². The maximum absolute atomic E-state index is 5.32. The zero-order valence-corrected chi connectivity index (χ0v) is 12.3. The lowest BCUT2D eigenvalue weighted by Crippen LogP contribution is -2.02. The molecule has 0 aliphatic rings. The average molecular weight is 271 g/mol. The molecule has 0 heterocycles. The van der Waals surface area contributed by atoms with Crippen LogP contribution in [0.1, 0.15) is 18.1 Å². The quantitative estimate of drug-likeness (QED) is 0.865. The Hall–Kier alpha value is -2.16. The van der Waals surface area contributed by atoms with E-state index in [1.54, 1.807) is 14.2 Å². The van der Waals surface area contributed by atoms with Gasteiger partial charge in [-0.1, -0.05) is 31.2 Å². The van der Waals surface area contributed by atoms with E-state index in [0.717, 1.165) is 30.0 Å². The normalized spacial score (nSPS) is 10.2. The number of hydrogen-bond acceptors (Lipinski definition) is 3. The highest BCUT2D eigenvalue weighted by Gasteiger charge is 2.05. The number of nitrogens with one attached hydrogen (secondary N) is 1. The molecule has 3 nitrogen and oxygen atoms in total. The van der Waals surface area contributed by atoms with Crippen molar-refractivity contribution in [1.82, 2.24) is 0 Å². The van der Waals surface area contributed by atoms with Gasteiger partial charge in [-0.25, -0.2) is 0 Å². The molecule has 0 amide bonds. The fraction of sp³-hybridized carbons (Fsp3) is 0.294. The molecule has 0 saturated carbocycles. The number of hydrogen-bond donors (Lipinski definition) is 1. The summed E-state index contributed by atoms with van der Waals surface area (Å²) in [5.41, 5.74) is 3.67. The van der Waals surface area contributed by atoms with Gasteiger partial charge in [-0.2, -0.15) is 0 Å². The first-order chi connectivity index (χ1) is 9.78. The highest BCUT2D eigenvalue weighted by Crippen LogP contribution is 2.28. The molecule has 3 heteroatoms. The molecule has 1 N–H and O–H groups in total. The molecule has 0 aliphatic carbocycles. The number of methoxy groups -OCH3 is 2. The van der Waals surface area contributed by atoms with Gasteiger partial charge in [0.2, 0.25) is 0 Å². The summed E-state index contributed by atoms with van der Waals surface area (Å²) < 4.78 is 10.6. The monoisotopic (exact) mass is 271 g/mol. The molecule has 2 aromatic rings. The third kappa shape index (κ3) is 3.23. The number of anilines is 1. The SMILES string of the molecule is CCc1ccccc1NCc1ccc(OC)c(OC)c1. The van der Waals surface area contributed by atoms with Gasteiger partial charge in [0, 0.05) is 12.2 Å². The van der Waals surface area contributed by atoms with E-state index < -0.39 is 0 Å². The summed E-state index contributed by atoms with van der Waals surface area (Å²) in [7, 11) is 3.30. The van der Waals surface area contributed by atoms with Crippen LogP contribution in [0.5, 0.6) is 11.5 Å². The van der Waals surface area contributed by atoms with E-state index in [9.17, 15) is 0 Å². The van der Waals surface area contributed by atoms with Gasteiger partial charge in [-0.15, -0.1) is 0 Å². The number of aryl methyl sites for hydroxylation is 1. The summed E-state index contributed by atoms with van der Waals surface area (Å²) in [6, 6.07) is 14.4. The number of ether oxygens (including phenoxy) is 2. The third-order valence-electron chi connectivity index (χ3n) is 3.33. The smallest absolute Gasteiger partial charge is 0.161 e. The first-order valence-corrected chi connectivity index (χ1v) is 6.81. The zero-order valence-electron chi connectivity index (χ0n) is 12.3. The third-order valence-corrected chi connectivity index (χ3v) is 3.33. The summed E-state index contributed by atoms with van der Waals surface area (Å²) in [5, 5.41) is 3.47. The zero-order chi connectivity index (χ0) is 14.4. The summed E-state index contributed by atoms with van der Waals surface area (Å²) in [6.45, 7) is 2.92. The van der Waals surface area contributed by atoms with Gasteiger partial charge in [0.25, 0.3) is 0 Å². The van der Waals surface area contributed by atoms with Gasteiger partial charge in [-0.3, -0.25) is 0 Å². The van der Waals surface area contributed by atoms with Crippen molar-refractivity contribution in [3.05, 3.63) is 53.6 Å². The fourth-order valence-electron chi connectivity index (χ4n) is 2.19. The van der Waals surface area contributed by atoms with E-state index in [1.165, 1.54) is 11.3 Å². The minimum atomic E-state index is 0.755. The van der Waals surface area contributed by atoms with E-state index in [0.29, 0.717) is 0 Å². The van der Waals surface area contributed by atoms with Crippen LogP contribution in [-0.2, 0) is 13.0 Å². The molecular weight excluding hydrogens is 250 g/mol. The van der Waals surface area contributed by atoms with Crippen molar-refractivity contribution in [3.63, 3.8) is 0 Å². The van der Waals surface area contributed by atoms with Gasteiger partial charge < -0.3 is 14.8 Å². The number of rotatable bonds is 6. The Morgan fingerprint density at radius 2 is 1.70 bits per heavy atom. The van der Waals surface area contributed by atoms with Gasteiger partial charge in [0.1, 0.15) is 0 Å². The lowest BCUT2D eigenvalue weighted by molar-refractivity contribution is 0.354. The van der Waals surface area contributed by atoms with Crippen LogP contribution >= 0.6 is 0 Å². The van der Waals surface area contributed by atoms with E-state index in [2.05, 4.69) is 36.5 Å². The Bertz CT molecular complexity index is 567. The minimum Gasteiger partial charge on any atom is -0.493 e. The molecule has 0 aromatic heterocycles. The summed E-state index contributed by atoms with van der Waals surface area (Å²) in [4.78, 5) is 0. The Morgan fingerprint density at radius 1 is 0.950 bits per heavy atom. The maximum Gasteiger partial charge on any atom is 0.161 e. The van der Waals surface area contributed by atoms with E-state index >= 15 is 0 Å². The van der Waals surface area contributed by atoms with Gasteiger partial charge in [0.15, 0.2) is 11.5 Å². The molecule has 0 radical (unpaired) electrons. The summed E-state index contributed by atoms with van der Waals surface area (Å²) in [6.07, 6.45) is 1.02. The van der Waals surface area contributed by atoms with Gasteiger partial charge >= 0.3 is 0 Å². The van der Waals surface area contributed by atoms with Crippen molar-refractivity contribution in [2.45, 2.75) is 19.9 Å². The van der Waals surface area contributed by atoms with Crippen LogP contribution in [0.25, 0.3) is 0 Å². The predicted molar refractivity (Wildman–Crippen MR) is 82.7 cm³/mol. The van der Waals surface area contributed by atoms with Gasteiger partial charge in [-0.05, 0) is 35.7 Å². The largest absolute Gasteiger partial charge is 0.493 e. The molecule has 0 fully saturated rings. The molecule has 0 unspecified atom stereocenters. The molecule has 0 bridgehead atoms. The maximum atomic E-state index is 5.32. The average Bonchev–Trinajstić information content (AvgIpc) is 2.52. The second kappa shape index (κ2) is 6.85. The van der Waals surface area contributed by atoms with Crippen molar-refractivity contribution in [2.75, 3.05) is 19.5 Å². The summed E-state index contributed by atoms with van der Waals surface area (Å²) in [5.74, 6) is 1.51. The van der Waals surface area contributed by atoms with Gasteiger partial charge in [0.05, 0.1) is 14.2 Å². The van der Waals surface area contributed by atoms with Crippen molar-refractivity contribution < 1.29 is 9.47 Å². The Kier molecular flexibility index (Phi) is 4.88. The van der Waals surface area contributed by atoms with E-state index in [4.69, 9.17) is 9.47 Å². The summed E-state index contributed by atoms with van der Waals surface area (Å²) >= 11 is 0. The minimum absolute atomic E-state index is 0.755. The first kappa shape index (κ1) is 14.3. The highest BCUT2D eigenvalue weighted by molar-refractivity contribution is 5.52. The van der Waals surface area contributed by atoms with Crippen LogP contribution < -0.4 is 14.8 Å². The lowest BCUT2D eigenvalue weighted by atomic mass is 10.1. The molecule has 0 spiro atoms. The Labute approximate surface area is 120 Å². The molecule has 20 heavy (non-hydrogen) atoms. The van der Waals surface area contributed by atoms with Crippen LogP contribution in [0.2, 0.25) is 0 Å². The number of para-hydroxylation sites is 1. The van der Waals surface area contributed by atoms with Crippen LogP contribution in [0.3, 0.4) is 0 Å². The Balaban J connectivity index is 2.11. The molecular formula is C17H21NO2. The van der Waals surface area contributed by atoms with Crippen LogP contribution in [-0.4, -0.2) is 14.2 Å². The first-order valence-electron chi connectivity index (χ1n) is 6.81. The molecule has 106 valence electrons. The second-order valence-electron chi connectivity index (χ2n) is 4.55. The molecule has 2 aromatic carbocycles. The fourth-order valence-corrected chi connectivity index (χ4v) is 2.19. The standard InChI is InChI=1S/C17H21NO2/c1-4-14-7-5-6-8-15(14)18-12-13-9-10-16(19-2)17(11-13)20-3/h5-11,18H,4,12H2,1-3H3. The Morgan fingerprint density at radius 3 is 2.40 bits per heavy atom. The van der Waals surface area contributed by atoms with Crippen molar-refractivity contribution in [3.8, 4) is 11.5 Å². The molecule has 0 aliphatic heterocycles. The second-order valence-corrected chi connectivity index (χ2v) is 4.55. The van der Waals surface area contributed by atoms with Crippen LogP contribution in [0, 0.1) is 0 Å². The van der Waals surface area contributed by atoms with Crippen LogP contribution in [0.4, 0.5) is 5.69 Å². The topological polar surface area (TPSA) is 30.5 Å². The number of benzene rings is 2. The molecule has 0 saturated heterocycles. The van der Waals surface area contributed by atoms with E-state index in [-0.39, 0.29) is 0 Å². The van der Waals surface area contributed by atoms with Crippen molar-refractivity contribution >= 4 is 5.69 Å². The molecule has 0 atom stereocenters. The molecule has 2 rings (SSSR count). The van der Waals surface area contributed by atoms with Crippen molar-refractivity contribution in [2.24, 2.45) is 0 Å². The predicted octanol–water partition coefficient (Wildman–Crippen LogP) is 3.88.